The van der Waals surface area contributed by atoms with Crippen LogP contribution < -0.4 is 11.1 Å². The van der Waals surface area contributed by atoms with Gasteiger partial charge < -0.3 is 15.8 Å². The van der Waals surface area contributed by atoms with Gasteiger partial charge in [-0.25, -0.2) is 4.79 Å². The minimum atomic E-state index is -0.374. The van der Waals surface area contributed by atoms with Crippen LogP contribution >= 0.6 is 11.8 Å². The van der Waals surface area contributed by atoms with Gasteiger partial charge in [-0.15, -0.1) is 0 Å². The molecule has 0 saturated heterocycles. The van der Waals surface area contributed by atoms with Crippen LogP contribution in [0.15, 0.2) is 18.2 Å². The van der Waals surface area contributed by atoms with Gasteiger partial charge in [-0.1, -0.05) is 6.92 Å². The van der Waals surface area contributed by atoms with E-state index in [1.54, 1.807) is 19.1 Å². The number of esters is 1. The van der Waals surface area contributed by atoms with Crippen LogP contribution in [0.3, 0.4) is 0 Å². The second kappa shape index (κ2) is 7.94. The Hall–Kier alpha value is -1.36. The Morgan fingerprint density at radius 1 is 1.53 bits per heavy atom. The summed E-state index contributed by atoms with van der Waals surface area (Å²) in [6, 6.07) is 5.35. The number of nitrogen functional groups attached to an aromatic ring is 1. The molecule has 0 bridgehead atoms. The molecule has 0 amide bonds. The zero-order valence-electron chi connectivity index (χ0n) is 11.7. The summed E-state index contributed by atoms with van der Waals surface area (Å²) in [6.07, 6.45) is 3.17. The van der Waals surface area contributed by atoms with E-state index < -0.39 is 0 Å². The predicted octanol–water partition coefficient (Wildman–Crippen LogP) is 3.00. The van der Waals surface area contributed by atoms with Gasteiger partial charge in [0.25, 0.3) is 0 Å². The summed E-state index contributed by atoms with van der Waals surface area (Å²) in [5.41, 5.74) is 7.55. The molecular formula is C14H22N2O2S. The van der Waals surface area contributed by atoms with E-state index in [-0.39, 0.29) is 5.97 Å². The highest BCUT2D eigenvalue weighted by Crippen LogP contribution is 2.19. The van der Waals surface area contributed by atoms with Crippen molar-refractivity contribution in [2.24, 2.45) is 0 Å². The Morgan fingerprint density at radius 2 is 2.26 bits per heavy atom. The van der Waals surface area contributed by atoms with Crippen molar-refractivity contribution in [2.45, 2.75) is 25.5 Å². The minimum absolute atomic E-state index is 0.348. The quantitative estimate of drug-likeness (QED) is 0.594. The van der Waals surface area contributed by atoms with Gasteiger partial charge in [0.2, 0.25) is 0 Å². The number of hydrogen-bond acceptors (Lipinski definition) is 5. The third-order valence-corrected chi connectivity index (χ3v) is 3.87. The lowest BCUT2D eigenvalue weighted by Crippen LogP contribution is -2.11. The largest absolute Gasteiger partial charge is 0.462 e. The number of ether oxygens (including phenoxy) is 1. The molecule has 1 aromatic carbocycles. The summed E-state index contributed by atoms with van der Waals surface area (Å²) in [7, 11) is 0. The first-order chi connectivity index (χ1) is 9.08. The Labute approximate surface area is 119 Å². The molecule has 0 radical (unpaired) electrons. The topological polar surface area (TPSA) is 64.3 Å². The molecule has 0 aromatic heterocycles. The van der Waals surface area contributed by atoms with Crippen molar-refractivity contribution in [3.8, 4) is 0 Å². The molecular weight excluding hydrogens is 260 g/mol. The molecule has 1 unspecified atom stereocenters. The van der Waals surface area contributed by atoms with Crippen molar-refractivity contribution in [3.63, 3.8) is 0 Å². The lowest BCUT2D eigenvalue weighted by molar-refractivity contribution is 0.0527. The first-order valence-electron chi connectivity index (χ1n) is 6.41. The van der Waals surface area contributed by atoms with Crippen LogP contribution in [-0.4, -0.2) is 30.6 Å². The highest BCUT2D eigenvalue weighted by molar-refractivity contribution is 7.99. The Kier molecular flexibility index (Phi) is 6.56. The summed E-state index contributed by atoms with van der Waals surface area (Å²) >= 11 is 1.84. The van der Waals surface area contributed by atoms with Crippen molar-refractivity contribution >= 4 is 29.1 Å². The van der Waals surface area contributed by atoms with Gasteiger partial charge in [0.1, 0.15) is 0 Å². The number of hydrogen-bond donors (Lipinski definition) is 2. The van der Waals surface area contributed by atoms with Crippen LogP contribution in [-0.2, 0) is 4.74 Å². The number of nitrogens with one attached hydrogen (secondary N) is 1. The molecule has 1 rings (SSSR count). The molecule has 19 heavy (non-hydrogen) atoms. The summed E-state index contributed by atoms with van der Waals surface area (Å²) in [5.74, 6) is -0.374. The summed E-state index contributed by atoms with van der Waals surface area (Å²) in [5, 5.41) is 3.91. The Balaban J connectivity index is 2.65. The smallest absolute Gasteiger partial charge is 0.340 e. The first-order valence-corrected chi connectivity index (χ1v) is 7.70. The average molecular weight is 282 g/mol. The predicted molar refractivity (Wildman–Crippen MR) is 82.9 cm³/mol. The molecule has 5 heteroatoms. The van der Waals surface area contributed by atoms with Crippen molar-refractivity contribution in [1.29, 1.82) is 0 Å². The second-order valence-electron chi connectivity index (χ2n) is 4.28. The molecule has 0 spiro atoms. The van der Waals surface area contributed by atoms with Gasteiger partial charge in [-0.2, -0.15) is 11.8 Å². The van der Waals surface area contributed by atoms with Gasteiger partial charge in [-0.05, 0) is 37.8 Å². The molecule has 0 aliphatic rings. The zero-order valence-corrected chi connectivity index (χ0v) is 12.5. The van der Waals surface area contributed by atoms with E-state index >= 15 is 0 Å². The number of nitrogens with two attached hydrogens (primary N) is 1. The summed E-state index contributed by atoms with van der Waals surface area (Å²) in [6.45, 7) is 5.19. The molecule has 0 aliphatic carbocycles. The van der Waals surface area contributed by atoms with Crippen LogP contribution in [0.2, 0.25) is 0 Å². The second-order valence-corrected chi connectivity index (χ2v) is 5.56. The van der Waals surface area contributed by atoms with Crippen molar-refractivity contribution < 1.29 is 9.53 Å². The fourth-order valence-electron chi connectivity index (χ4n) is 1.59. The highest BCUT2D eigenvalue weighted by Gasteiger charge is 2.11. The highest BCUT2D eigenvalue weighted by atomic mass is 32.2. The standard InChI is InChI=1S/C14H22N2O2S/c1-4-18-14(17)12-9-11(5-6-13(12)15)16-8-7-10(2)19-3/h5-6,9-10,16H,4,7-8,15H2,1-3H3. The maximum Gasteiger partial charge on any atom is 0.340 e. The number of carbonyl (C=O) groups excluding carboxylic acids is 1. The molecule has 0 heterocycles. The number of carbonyl (C=O) groups is 1. The molecule has 0 saturated carbocycles. The summed E-state index contributed by atoms with van der Waals surface area (Å²) < 4.78 is 4.97. The van der Waals surface area contributed by atoms with E-state index in [2.05, 4.69) is 18.5 Å². The van der Waals surface area contributed by atoms with Crippen molar-refractivity contribution in [2.75, 3.05) is 30.5 Å². The van der Waals surface area contributed by atoms with Gasteiger partial charge in [0.15, 0.2) is 0 Å². The first kappa shape index (κ1) is 15.7. The number of rotatable bonds is 7. The van der Waals surface area contributed by atoms with Crippen LogP contribution in [0.4, 0.5) is 11.4 Å². The molecule has 0 fully saturated rings. The lowest BCUT2D eigenvalue weighted by Gasteiger charge is -2.12. The number of benzene rings is 1. The monoisotopic (exact) mass is 282 g/mol. The Morgan fingerprint density at radius 3 is 2.89 bits per heavy atom. The molecule has 1 atom stereocenters. The fraction of sp³-hybridized carbons (Fsp3) is 0.500. The third kappa shape index (κ3) is 5.03. The molecule has 106 valence electrons. The molecule has 1 aromatic rings. The normalized spacial score (nSPS) is 11.9. The number of anilines is 2. The zero-order chi connectivity index (χ0) is 14.3. The SMILES string of the molecule is CCOC(=O)c1cc(NCCC(C)SC)ccc1N. The van der Waals surface area contributed by atoms with E-state index in [9.17, 15) is 4.79 Å². The van der Waals surface area contributed by atoms with Crippen LogP contribution in [0.5, 0.6) is 0 Å². The Bertz CT molecular complexity index is 424. The average Bonchev–Trinajstić information content (AvgIpc) is 2.40. The number of thioether (sulfide) groups is 1. The maximum atomic E-state index is 11.7. The fourth-order valence-corrected chi connectivity index (χ4v) is 1.94. The minimum Gasteiger partial charge on any atom is -0.462 e. The summed E-state index contributed by atoms with van der Waals surface area (Å²) in [4.78, 5) is 11.7. The van der Waals surface area contributed by atoms with E-state index in [4.69, 9.17) is 10.5 Å². The van der Waals surface area contributed by atoms with Gasteiger partial charge in [0.05, 0.1) is 12.2 Å². The van der Waals surface area contributed by atoms with E-state index in [0.29, 0.717) is 23.1 Å². The third-order valence-electron chi connectivity index (χ3n) is 2.83. The van der Waals surface area contributed by atoms with Crippen molar-refractivity contribution in [3.05, 3.63) is 23.8 Å². The molecule has 3 N–H and O–H groups in total. The van der Waals surface area contributed by atoms with Crippen LogP contribution in [0.1, 0.15) is 30.6 Å². The van der Waals surface area contributed by atoms with E-state index in [0.717, 1.165) is 18.7 Å². The maximum absolute atomic E-state index is 11.7. The van der Waals surface area contributed by atoms with Crippen LogP contribution in [0.25, 0.3) is 0 Å². The van der Waals surface area contributed by atoms with Gasteiger partial charge in [-0.3, -0.25) is 0 Å². The molecule has 0 aliphatic heterocycles. The van der Waals surface area contributed by atoms with Gasteiger partial charge >= 0.3 is 5.97 Å². The van der Waals surface area contributed by atoms with E-state index in [1.807, 2.05) is 17.8 Å². The lowest BCUT2D eigenvalue weighted by atomic mass is 10.1. The van der Waals surface area contributed by atoms with Gasteiger partial charge in [0, 0.05) is 23.2 Å². The van der Waals surface area contributed by atoms with Crippen LogP contribution in [0, 0.1) is 0 Å². The van der Waals surface area contributed by atoms with E-state index in [1.165, 1.54) is 0 Å². The van der Waals surface area contributed by atoms with Crippen molar-refractivity contribution in [1.82, 2.24) is 0 Å². The molecule has 4 nitrogen and oxygen atoms in total.